The van der Waals surface area contributed by atoms with Crippen molar-refractivity contribution in [1.29, 1.82) is 0 Å². The molecule has 1 aliphatic rings. The number of carbonyl (C=O) groups excluding carboxylic acids is 1. The van der Waals surface area contributed by atoms with Crippen molar-refractivity contribution < 1.29 is 22.7 Å². The molecule has 134 valence electrons. The Morgan fingerprint density at radius 3 is 2.83 bits per heavy atom. The lowest BCUT2D eigenvalue weighted by atomic mass is 10.2. The smallest absolute Gasteiger partial charge is 0.322 e. The Balaban J connectivity index is 1.93. The van der Waals surface area contributed by atoms with Gasteiger partial charge in [0.1, 0.15) is 6.61 Å². The number of nitrogens with zero attached hydrogens (tertiary/aromatic N) is 2. The summed E-state index contributed by atoms with van der Waals surface area (Å²) in [7, 11) is -1.48. The standard InChI is InChI=1S/C15H23N3O5S/c1-12-5-9-24(20,21)10-6-18(12)15(19)17-13-3-4-14(16-11-13)23-8-7-22-2/h3-4,11-12H,5-10H2,1-2H3,(H,17,19)/t12-/m1/s1. The molecular weight excluding hydrogens is 334 g/mol. The zero-order valence-corrected chi connectivity index (χ0v) is 14.7. The highest BCUT2D eigenvalue weighted by molar-refractivity contribution is 7.91. The van der Waals surface area contributed by atoms with Gasteiger partial charge in [0.25, 0.3) is 0 Å². The highest BCUT2D eigenvalue weighted by Gasteiger charge is 2.27. The van der Waals surface area contributed by atoms with Gasteiger partial charge in [-0.3, -0.25) is 0 Å². The number of carbonyl (C=O) groups is 1. The van der Waals surface area contributed by atoms with Gasteiger partial charge in [0, 0.05) is 25.8 Å². The number of sulfone groups is 1. The maximum Gasteiger partial charge on any atom is 0.322 e. The number of methoxy groups -OCH3 is 1. The van der Waals surface area contributed by atoms with Crippen LogP contribution in [0.15, 0.2) is 18.3 Å². The van der Waals surface area contributed by atoms with E-state index in [1.807, 2.05) is 6.92 Å². The minimum absolute atomic E-state index is 0.00468. The van der Waals surface area contributed by atoms with Crippen LogP contribution >= 0.6 is 0 Å². The summed E-state index contributed by atoms with van der Waals surface area (Å²) in [5.74, 6) is 0.557. The summed E-state index contributed by atoms with van der Waals surface area (Å²) in [5, 5.41) is 2.74. The summed E-state index contributed by atoms with van der Waals surface area (Å²) in [4.78, 5) is 18.0. The zero-order chi connectivity index (χ0) is 17.6. The van der Waals surface area contributed by atoms with Crippen LogP contribution in [0, 0.1) is 0 Å². The second kappa shape index (κ2) is 8.29. The number of urea groups is 1. The van der Waals surface area contributed by atoms with Gasteiger partial charge in [0.15, 0.2) is 9.84 Å². The van der Waals surface area contributed by atoms with Crippen LogP contribution in [0.3, 0.4) is 0 Å². The minimum Gasteiger partial charge on any atom is -0.475 e. The molecule has 0 radical (unpaired) electrons. The van der Waals surface area contributed by atoms with E-state index in [1.54, 1.807) is 24.1 Å². The van der Waals surface area contributed by atoms with Crippen LogP contribution in [0.4, 0.5) is 10.5 Å². The Morgan fingerprint density at radius 1 is 1.38 bits per heavy atom. The first kappa shape index (κ1) is 18.5. The van der Waals surface area contributed by atoms with Gasteiger partial charge in [-0.25, -0.2) is 18.2 Å². The molecule has 2 amide bonds. The second-order valence-electron chi connectivity index (χ2n) is 5.64. The molecule has 24 heavy (non-hydrogen) atoms. The molecule has 0 aliphatic carbocycles. The number of pyridine rings is 1. The van der Waals surface area contributed by atoms with Gasteiger partial charge in [-0.15, -0.1) is 0 Å². The Kier molecular flexibility index (Phi) is 6.38. The zero-order valence-electron chi connectivity index (χ0n) is 13.9. The fourth-order valence-corrected chi connectivity index (χ4v) is 3.71. The van der Waals surface area contributed by atoms with E-state index in [-0.39, 0.29) is 30.1 Å². The molecule has 1 aromatic heterocycles. The predicted molar refractivity (Wildman–Crippen MR) is 90.1 cm³/mol. The molecule has 1 atom stereocenters. The van der Waals surface area contributed by atoms with E-state index >= 15 is 0 Å². The van der Waals surface area contributed by atoms with E-state index in [4.69, 9.17) is 9.47 Å². The van der Waals surface area contributed by atoms with Gasteiger partial charge in [-0.1, -0.05) is 0 Å². The largest absolute Gasteiger partial charge is 0.475 e. The van der Waals surface area contributed by atoms with Crippen molar-refractivity contribution in [2.45, 2.75) is 19.4 Å². The van der Waals surface area contributed by atoms with Crippen molar-refractivity contribution in [3.05, 3.63) is 18.3 Å². The van der Waals surface area contributed by atoms with Gasteiger partial charge >= 0.3 is 6.03 Å². The molecule has 9 heteroatoms. The number of ether oxygens (including phenoxy) is 2. The Hall–Kier alpha value is -1.87. The maximum absolute atomic E-state index is 12.4. The number of amides is 2. The fourth-order valence-electron chi connectivity index (χ4n) is 2.33. The van der Waals surface area contributed by atoms with Crippen LogP contribution in [-0.4, -0.2) is 68.7 Å². The van der Waals surface area contributed by atoms with Gasteiger partial charge in [0.2, 0.25) is 5.88 Å². The van der Waals surface area contributed by atoms with Gasteiger partial charge in [-0.2, -0.15) is 0 Å². The molecule has 0 bridgehead atoms. The molecule has 1 aromatic rings. The average molecular weight is 357 g/mol. The molecule has 0 spiro atoms. The highest BCUT2D eigenvalue weighted by atomic mass is 32.2. The van der Waals surface area contributed by atoms with E-state index in [9.17, 15) is 13.2 Å². The van der Waals surface area contributed by atoms with Crippen molar-refractivity contribution in [3.63, 3.8) is 0 Å². The summed E-state index contributed by atoms with van der Waals surface area (Å²) in [6.45, 7) is 2.91. The van der Waals surface area contributed by atoms with Gasteiger partial charge in [-0.05, 0) is 19.4 Å². The molecule has 8 nitrogen and oxygen atoms in total. The molecule has 2 heterocycles. The maximum atomic E-state index is 12.4. The van der Waals surface area contributed by atoms with Crippen LogP contribution in [0.5, 0.6) is 5.88 Å². The summed E-state index contributed by atoms with van der Waals surface area (Å²) < 4.78 is 33.6. The Labute approximate surface area is 142 Å². The fraction of sp³-hybridized carbons (Fsp3) is 0.600. The van der Waals surface area contributed by atoms with Crippen LogP contribution in [-0.2, 0) is 14.6 Å². The second-order valence-corrected chi connectivity index (χ2v) is 7.94. The van der Waals surface area contributed by atoms with Gasteiger partial charge in [0.05, 0.1) is 30.0 Å². The van der Waals surface area contributed by atoms with Gasteiger partial charge < -0.3 is 19.7 Å². The summed E-state index contributed by atoms with van der Waals surface area (Å²) in [6, 6.07) is 2.88. The first-order valence-electron chi connectivity index (χ1n) is 7.77. The number of hydrogen-bond acceptors (Lipinski definition) is 6. The minimum atomic E-state index is -3.07. The lowest BCUT2D eigenvalue weighted by Gasteiger charge is -2.26. The monoisotopic (exact) mass is 357 g/mol. The molecule has 1 N–H and O–H groups in total. The van der Waals surface area contributed by atoms with Crippen molar-refractivity contribution in [2.75, 3.05) is 43.7 Å². The first-order chi connectivity index (χ1) is 11.4. The van der Waals surface area contributed by atoms with Crippen molar-refractivity contribution in [1.82, 2.24) is 9.88 Å². The van der Waals surface area contributed by atoms with E-state index < -0.39 is 9.84 Å². The molecular formula is C15H23N3O5S. The summed E-state index contributed by atoms with van der Waals surface area (Å²) in [6.07, 6.45) is 1.94. The number of aromatic nitrogens is 1. The lowest BCUT2D eigenvalue weighted by molar-refractivity contribution is 0.144. The first-order valence-corrected chi connectivity index (χ1v) is 9.59. The number of anilines is 1. The highest BCUT2D eigenvalue weighted by Crippen LogP contribution is 2.16. The Morgan fingerprint density at radius 2 is 2.17 bits per heavy atom. The summed E-state index contributed by atoms with van der Waals surface area (Å²) >= 11 is 0. The normalized spacial score (nSPS) is 20.2. The SMILES string of the molecule is COCCOc1ccc(NC(=O)N2CCS(=O)(=O)CC[C@H]2C)cn1. The van der Waals surface area contributed by atoms with E-state index in [2.05, 4.69) is 10.3 Å². The third kappa shape index (κ3) is 5.34. The molecule has 1 aliphatic heterocycles. The van der Waals surface area contributed by atoms with Crippen LogP contribution in [0.1, 0.15) is 13.3 Å². The average Bonchev–Trinajstić information content (AvgIpc) is 2.68. The van der Waals surface area contributed by atoms with E-state index in [1.165, 1.54) is 6.20 Å². The van der Waals surface area contributed by atoms with Crippen LogP contribution < -0.4 is 10.1 Å². The van der Waals surface area contributed by atoms with Crippen molar-refractivity contribution in [2.24, 2.45) is 0 Å². The number of hydrogen-bond donors (Lipinski definition) is 1. The third-order valence-corrected chi connectivity index (χ3v) is 5.47. The third-order valence-electron chi connectivity index (χ3n) is 3.81. The van der Waals surface area contributed by atoms with Crippen molar-refractivity contribution in [3.8, 4) is 5.88 Å². The predicted octanol–water partition coefficient (Wildman–Crippen LogP) is 1.15. The molecule has 2 rings (SSSR count). The molecule has 1 fully saturated rings. The number of rotatable bonds is 5. The molecule has 0 unspecified atom stereocenters. The molecule has 0 saturated carbocycles. The quantitative estimate of drug-likeness (QED) is 0.794. The van der Waals surface area contributed by atoms with E-state index in [0.29, 0.717) is 31.2 Å². The lowest BCUT2D eigenvalue weighted by Crippen LogP contribution is -2.42. The summed E-state index contributed by atoms with van der Waals surface area (Å²) in [5.41, 5.74) is 0.526. The topological polar surface area (TPSA) is 97.8 Å². The van der Waals surface area contributed by atoms with Crippen molar-refractivity contribution >= 4 is 21.6 Å². The molecule has 1 saturated heterocycles. The van der Waals surface area contributed by atoms with Crippen LogP contribution in [0.25, 0.3) is 0 Å². The number of nitrogens with one attached hydrogen (secondary N) is 1. The van der Waals surface area contributed by atoms with Crippen LogP contribution in [0.2, 0.25) is 0 Å². The Bertz CT molecular complexity index is 648. The van der Waals surface area contributed by atoms with E-state index in [0.717, 1.165) is 0 Å². The molecule has 0 aromatic carbocycles.